The average Bonchev–Trinajstić information content (AvgIpc) is 3.21. The first-order valence-corrected chi connectivity index (χ1v) is 22.3. The largest absolute Gasteiger partial charge is 0.462 e. The molecule has 0 radical (unpaired) electrons. The summed E-state index contributed by atoms with van der Waals surface area (Å²) in [6, 6.07) is 0. The lowest BCUT2D eigenvalue weighted by Gasteiger charge is -2.42. The molecule has 4 unspecified atom stereocenters. The van der Waals surface area contributed by atoms with Crippen LogP contribution in [0.5, 0.6) is 0 Å². The van der Waals surface area contributed by atoms with E-state index in [0.29, 0.717) is 12.8 Å². The molecule has 0 aromatic rings. The van der Waals surface area contributed by atoms with Crippen LogP contribution < -0.4 is 0 Å². The number of hydrogen-bond acceptors (Lipinski definition) is 15. The molecule has 0 aromatic carbocycles. The van der Waals surface area contributed by atoms with Gasteiger partial charge in [-0.1, -0.05) is 122 Å². The second kappa shape index (κ2) is 32.0. The molecule has 2 saturated heterocycles. The lowest BCUT2D eigenvalue weighted by atomic mass is 9.98. The Hall–Kier alpha value is -1.76. The van der Waals surface area contributed by atoms with E-state index in [4.69, 9.17) is 28.4 Å². The minimum Gasteiger partial charge on any atom is -0.462 e. The smallest absolute Gasteiger partial charge is 0.306 e. The van der Waals surface area contributed by atoms with Gasteiger partial charge in [-0.05, 0) is 32.1 Å². The third-order valence-corrected chi connectivity index (χ3v) is 10.7. The van der Waals surface area contributed by atoms with Crippen LogP contribution in [0, 0.1) is 0 Å². The van der Waals surface area contributed by atoms with Crippen molar-refractivity contribution >= 4 is 11.9 Å². The second-order valence-electron chi connectivity index (χ2n) is 15.9. The third kappa shape index (κ3) is 21.2. The molecule has 7 N–H and O–H groups in total. The van der Waals surface area contributed by atoms with Crippen molar-refractivity contribution in [1.82, 2.24) is 0 Å². The molecular formula is C43H78O15. The molecule has 2 rings (SSSR count). The summed E-state index contributed by atoms with van der Waals surface area (Å²) in [5, 5.41) is 71.7. The predicted molar refractivity (Wildman–Crippen MR) is 215 cm³/mol. The quantitative estimate of drug-likeness (QED) is 0.0278. The Morgan fingerprint density at radius 3 is 1.57 bits per heavy atom. The molecule has 2 aliphatic rings. The molecule has 11 atom stereocenters. The van der Waals surface area contributed by atoms with E-state index in [9.17, 15) is 45.3 Å². The van der Waals surface area contributed by atoms with Gasteiger partial charge in [-0.2, -0.15) is 0 Å². The Morgan fingerprint density at radius 2 is 1.00 bits per heavy atom. The van der Waals surface area contributed by atoms with E-state index in [-0.39, 0.29) is 26.1 Å². The van der Waals surface area contributed by atoms with Gasteiger partial charge in [-0.3, -0.25) is 9.59 Å². The van der Waals surface area contributed by atoms with Gasteiger partial charge in [0.1, 0.15) is 55.4 Å². The van der Waals surface area contributed by atoms with Gasteiger partial charge in [0, 0.05) is 12.8 Å². The molecule has 0 aromatic heterocycles. The molecule has 58 heavy (non-hydrogen) atoms. The van der Waals surface area contributed by atoms with Crippen molar-refractivity contribution in [2.24, 2.45) is 0 Å². The van der Waals surface area contributed by atoms with Crippen LogP contribution in [0.25, 0.3) is 0 Å². The normalized spacial score (nSPS) is 28.2. The van der Waals surface area contributed by atoms with E-state index >= 15 is 0 Å². The highest BCUT2D eigenvalue weighted by atomic mass is 16.7. The number of rotatable bonds is 33. The van der Waals surface area contributed by atoms with Gasteiger partial charge in [0.05, 0.1) is 19.8 Å². The zero-order chi connectivity index (χ0) is 42.5. The van der Waals surface area contributed by atoms with E-state index < -0.39 is 92.7 Å². The molecule has 2 fully saturated rings. The molecule has 0 bridgehead atoms. The van der Waals surface area contributed by atoms with E-state index in [1.54, 1.807) is 0 Å². The first-order chi connectivity index (χ1) is 28.0. The van der Waals surface area contributed by atoms with Crippen molar-refractivity contribution in [3.63, 3.8) is 0 Å². The highest BCUT2D eigenvalue weighted by Crippen LogP contribution is 2.26. The summed E-state index contributed by atoms with van der Waals surface area (Å²) in [6.07, 6.45) is 9.80. The number of aliphatic hydroxyl groups excluding tert-OH is 7. The van der Waals surface area contributed by atoms with Crippen LogP contribution in [0.15, 0.2) is 12.2 Å². The second-order valence-corrected chi connectivity index (χ2v) is 15.9. The first-order valence-electron chi connectivity index (χ1n) is 22.3. The van der Waals surface area contributed by atoms with Crippen LogP contribution in [0.2, 0.25) is 0 Å². The molecule has 0 spiro atoms. The minimum atomic E-state index is -1.76. The van der Waals surface area contributed by atoms with Gasteiger partial charge in [0.15, 0.2) is 18.7 Å². The molecule has 2 aliphatic heterocycles. The molecule has 0 saturated carbocycles. The summed E-state index contributed by atoms with van der Waals surface area (Å²) in [4.78, 5) is 25.5. The Labute approximate surface area is 346 Å². The number of esters is 2. The molecule has 15 heteroatoms. The van der Waals surface area contributed by atoms with Crippen molar-refractivity contribution in [3.05, 3.63) is 12.2 Å². The molecule has 0 aliphatic carbocycles. The lowest BCUT2D eigenvalue weighted by Crippen LogP contribution is -2.61. The number of carbonyl (C=O) groups excluding carboxylic acids is 2. The van der Waals surface area contributed by atoms with Crippen molar-refractivity contribution < 1.29 is 73.8 Å². The zero-order valence-corrected chi connectivity index (χ0v) is 35.3. The van der Waals surface area contributed by atoms with Crippen molar-refractivity contribution in [1.29, 1.82) is 0 Å². The summed E-state index contributed by atoms with van der Waals surface area (Å²) in [5.74, 6) is -0.935. The van der Waals surface area contributed by atoms with E-state index in [2.05, 4.69) is 26.0 Å². The lowest BCUT2D eigenvalue weighted by molar-refractivity contribution is -0.332. The molecule has 0 amide bonds. The maximum absolute atomic E-state index is 12.9. The minimum absolute atomic E-state index is 0.158. The van der Waals surface area contributed by atoms with Crippen LogP contribution in [0.3, 0.4) is 0 Å². The number of hydrogen-bond donors (Lipinski definition) is 7. The van der Waals surface area contributed by atoms with Gasteiger partial charge in [-0.15, -0.1) is 0 Å². The van der Waals surface area contributed by atoms with Gasteiger partial charge >= 0.3 is 11.9 Å². The highest BCUT2D eigenvalue weighted by Gasteiger charge is 2.47. The number of carbonyl (C=O) groups is 2. The van der Waals surface area contributed by atoms with Crippen LogP contribution >= 0.6 is 0 Å². The van der Waals surface area contributed by atoms with Crippen molar-refractivity contribution in [3.8, 4) is 0 Å². The SMILES string of the molecule is CCCC/C=C/CCCCCCCC(=O)O[C@H](COC(=O)CCCCCCCCCCCCC)CO[C@@H]1O[C@H](CO[C@@H]2O[C@H](CO)[C@H](O)C(O)C2O)[C@H](O)C(O)C1O. The summed E-state index contributed by atoms with van der Waals surface area (Å²) < 4.78 is 33.4. The predicted octanol–water partition coefficient (Wildman–Crippen LogP) is 4.26. The highest BCUT2D eigenvalue weighted by molar-refractivity contribution is 5.70. The van der Waals surface area contributed by atoms with Crippen LogP contribution in [-0.2, 0) is 38.0 Å². The van der Waals surface area contributed by atoms with Gasteiger partial charge in [0.2, 0.25) is 0 Å². The average molecular weight is 835 g/mol. The van der Waals surface area contributed by atoms with Crippen LogP contribution in [0.1, 0.15) is 155 Å². The maximum Gasteiger partial charge on any atom is 0.306 e. The number of ether oxygens (including phenoxy) is 6. The number of allylic oxidation sites excluding steroid dienone is 2. The topological polar surface area (TPSA) is 231 Å². The van der Waals surface area contributed by atoms with Gasteiger partial charge < -0.3 is 64.2 Å². The Balaban J connectivity index is 1.87. The summed E-state index contributed by atoms with van der Waals surface area (Å²) >= 11 is 0. The monoisotopic (exact) mass is 835 g/mol. The fourth-order valence-corrected chi connectivity index (χ4v) is 6.96. The van der Waals surface area contributed by atoms with Crippen LogP contribution in [-0.4, -0.2) is 142 Å². The Kier molecular flexibility index (Phi) is 28.9. The molecule has 2 heterocycles. The summed E-state index contributed by atoms with van der Waals surface area (Å²) in [6.45, 7) is 2.51. The zero-order valence-electron chi connectivity index (χ0n) is 35.3. The Bertz CT molecular complexity index is 1080. The number of unbranched alkanes of at least 4 members (excludes halogenated alkanes) is 17. The molecular weight excluding hydrogens is 756 g/mol. The third-order valence-electron chi connectivity index (χ3n) is 10.7. The van der Waals surface area contributed by atoms with E-state index in [1.807, 2.05) is 0 Å². The van der Waals surface area contributed by atoms with Crippen molar-refractivity contribution in [2.75, 3.05) is 26.4 Å². The molecule has 340 valence electrons. The fraction of sp³-hybridized carbons (Fsp3) is 0.907. The Morgan fingerprint density at radius 1 is 0.534 bits per heavy atom. The maximum atomic E-state index is 12.9. The van der Waals surface area contributed by atoms with Crippen LogP contribution in [0.4, 0.5) is 0 Å². The van der Waals surface area contributed by atoms with E-state index in [1.165, 1.54) is 57.8 Å². The summed E-state index contributed by atoms with van der Waals surface area (Å²) in [5.41, 5.74) is 0. The number of aliphatic hydroxyl groups is 7. The summed E-state index contributed by atoms with van der Waals surface area (Å²) in [7, 11) is 0. The van der Waals surface area contributed by atoms with Crippen molar-refractivity contribution in [2.45, 2.75) is 223 Å². The van der Waals surface area contributed by atoms with Gasteiger partial charge in [0.25, 0.3) is 0 Å². The molecule has 15 nitrogen and oxygen atoms in total. The van der Waals surface area contributed by atoms with Gasteiger partial charge in [-0.25, -0.2) is 0 Å². The fourth-order valence-electron chi connectivity index (χ4n) is 6.96. The van der Waals surface area contributed by atoms with E-state index in [0.717, 1.165) is 57.8 Å². The standard InChI is InChI=1S/C43H78O15/c1-3-5-7-9-11-13-15-17-19-21-23-25-34(45)53-28-31(56-35(46)26-24-22-20-18-16-14-12-10-8-6-4-2)29-54-42-41(52)39(50)37(48)33(58-42)30-55-43-40(51)38(49)36(47)32(27-44)57-43/h10,12,31-33,36-44,47-52H,3-9,11,13-30H2,1-2H3/b12-10+/t31-,32-,33-,36+,37+,38?,39?,40?,41?,42-,43-/m1/s1. The first kappa shape index (κ1) is 52.4.